The van der Waals surface area contributed by atoms with Crippen LogP contribution in [0.25, 0.3) is 22.6 Å². The smallest absolute Gasteiger partial charge is 0.280 e. The topological polar surface area (TPSA) is 152 Å². The van der Waals surface area contributed by atoms with Crippen molar-refractivity contribution in [2.75, 3.05) is 12.3 Å². The summed E-state index contributed by atoms with van der Waals surface area (Å²) in [5.74, 6) is 0.397. The van der Waals surface area contributed by atoms with E-state index in [1.807, 2.05) is 0 Å². The summed E-state index contributed by atoms with van der Waals surface area (Å²) >= 11 is 0. The van der Waals surface area contributed by atoms with E-state index in [-0.39, 0.29) is 30.1 Å². The molecule has 0 aliphatic carbocycles. The fourth-order valence-corrected chi connectivity index (χ4v) is 3.02. The fourth-order valence-electron chi connectivity index (χ4n) is 3.02. The number of aliphatic hydroxyl groups excluding tert-OH is 2. The molecule has 0 unspecified atom stereocenters. The molecular weight excluding hydrogens is 328 g/mol. The molecule has 0 amide bonds. The Kier molecular flexibility index (Phi) is 3.71. The molecule has 130 valence electrons. The fraction of sp³-hybridized carbons (Fsp3) is 0.333. The van der Waals surface area contributed by atoms with Gasteiger partial charge in [-0.25, -0.2) is 4.98 Å². The Bertz CT molecular complexity index is 969. The number of fused-ring (bicyclic) bond motifs is 1. The van der Waals surface area contributed by atoms with Crippen molar-refractivity contribution in [3.8, 4) is 11.4 Å². The standard InChI is InChI=1S/C15H16N6O4/c16-15-19-13-11(14(24)20-15)18-12(7-1-3-17-4-2-7)21(13)10-5-8(23)9(6-22)25-10/h1-4,8-10,22-23H,5-6H2,(H3,16,19,20,24)/t8-,9+,10+/m0/s1. The molecule has 1 aliphatic heterocycles. The molecule has 4 rings (SSSR count). The molecule has 3 aromatic heterocycles. The number of hydrogen-bond donors (Lipinski definition) is 4. The number of nitrogens with two attached hydrogens (primary N) is 1. The molecule has 25 heavy (non-hydrogen) atoms. The van der Waals surface area contributed by atoms with Crippen molar-refractivity contribution in [1.29, 1.82) is 0 Å². The third-order valence-corrected chi connectivity index (χ3v) is 4.18. The lowest BCUT2D eigenvalue weighted by atomic mass is 10.2. The molecule has 10 nitrogen and oxygen atoms in total. The summed E-state index contributed by atoms with van der Waals surface area (Å²) in [5, 5.41) is 19.4. The van der Waals surface area contributed by atoms with Gasteiger partial charge in [0.2, 0.25) is 5.95 Å². The third kappa shape index (κ3) is 2.56. The molecule has 1 fully saturated rings. The number of nitrogens with one attached hydrogen (secondary N) is 1. The summed E-state index contributed by atoms with van der Waals surface area (Å²) in [4.78, 5) is 27.2. The first kappa shape index (κ1) is 15.7. The number of rotatable bonds is 3. The van der Waals surface area contributed by atoms with Crippen LogP contribution in [-0.2, 0) is 4.74 Å². The van der Waals surface area contributed by atoms with Gasteiger partial charge in [0.25, 0.3) is 5.56 Å². The number of nitrogen functional groups attached to an aromatic ring is 1. The van der Waals surface area contributed by atoms with Crippen molar-refractivity contribution in [1.82, 2.24) is 24.5 Å². The van der Waals surface area contributed by atoms with Gasteiger partial charge in [-0.3, -0.25) is 19.3 Å². The first-order chi connectivity index (χ1) is 12.1. The van der Waals surface area contributed by atoms with E-state index in [9.17, 15) is 15.0 Å². The number of H-pyrrole nitrogens is 1. The molecule has 3 aromatic rings. The second kappa shape index (κ2) is 5.92. The maximum Gasteiger partial charge on any atom is 0.280 e. The monoisotopic (exact) mass is 344 g/mol. The molecule has 1 aliphatic rings. The van der Waals surface area contributed by atoms with Crippen molar-refractivity contribution in [3.63, 3.8) is 0 Å². The minimum absolute atomic E-state index is 0.0443. The second-order valence-corrected chi connectivity index (χ2v) is 5.78. The highest BCUT2D eigenvalue weighted by molar-refractivity contribution is 5.77. The highest BCUT2D eigenvalue weighted by atomic mass is 16.5. The number of imidazole rings is 1. The summed E-state index contributed by atoms with van der Waals surface area (Å²) in [6.07, 6.45) is 1.24. The van der Waals surface area contributed by atoms with Crippen molar-refractivity contribution < 1.29 is 14.9 Å². The van der Waals surface area contributed by atoms with Gasteiger partial charge in [0.05, 0.1) is 12.7 Å². The Hall–Kier alpha value is -2.82. The van der Waals surface area contributed by atoms with Crippen LogP contribution in [0.5, 0.6) is 0 Å². The Morgan fingerprint density at radius 2 is 2.12 bits per heavy atom. The molecule has 5 N–H and O–H groups in total. The highest BCUT2D eigenvalue weighted by Crippen LogP contribution is 2.34. The quantitative estimate of drug-likeness (QED) is 0.492. The van der Waals surface area contributed by atoms with Crippen LogP contribution >= 0.6 is 0 Å². The van der Waals surface area contributed by atoms with Gasteiger partial charge in [0.15, 0.2) is 11.2 Å². The van der Waals surface area contributed by atoms with Crippen LogP contribution < -0.4 is 11.3 Å². The number of anilines is 1. The van der Waals surface area contributed by atoms with Gasteiger partial charge >= 0.3 is 0 Å². The lowest BCUT2D eigenvalue weighted by Gasteiger charge is -2.16. The normalized spacial score (nSPS) is 23.4. The summed E-state index contributed by atoms with van der Waals surface area (Å²) in [6, 6.07) is 3.48. The van der Waals surface area contributed by atoms with Crippen molar-refractivity contribution >= 4 is 17.1 Å². The Balaban J connectivity index is 1.96. The largest absolute Gasteiger partial charge is 0.394 e. The summed E-state index contributed by atoms with van der Waals surface area (Å²) in [7, 11) is 0. The average molecular weight is 344 g/mol. The minimum atomic E-state index is -0.836. The number of pyridine rings is 1. The first-order valence-electron chi connectivity index (χ1n) is 7.71. The number of aromatic amines is 1. The summed E-state index contributed by atoms with van der Waals surface area (Å²) in [6.45, 7) is -0.314. The second-order valence-electron chi connectivity index (χ2n) is 5.78. The van der Waals surface area contributed by atoms with E-state index < -0.39 is 24.0 Å². The molecule has 0 aromatic carbocycles. The summed E-state index contributed by atoms with van der Waals surface area (Å²) in [5.41, 5.74) is 6.28. The summed E-state index contributed by atoms with van der Waals surface area (Å²) < 4.78 is 7.35. The van der Waals surface area contributed by atoms with E-state index in [0.29, 0.717) is 11.4 Å². The van der Waals surface area contributed by atoms with E-state index in [1.165, 1.54) is 0 Å². The predicted octanol–water partition coefficient (Wildman–Crippen LogP) is -0.596. The SMILES string of the molecule is Nc1nc2c(nc(-c3ccncc3)n2[C@H]2C[C@H](O)[C@@H](CO)O2)c(=O)[nH]1. The lowest BCUT2D eigenvalue weighted by molar-refractivity contribution is -0.0426. The van der Waals surface area contributed by atoms with Gasteiger partial charge in [0.1, 0.15) is 18.2 Å². The van der Waals surface area contributed by atoms with Crippen LogP contribution in [0.3, 0.4) is 0 Å². The molecule has 10 heteroatoms. The minimum Gasteiger partial charge on any atom is -0.394 e. The van der Waals surface area contributed by atoms with E-state index in [0.717, 1.165) is 0 Å². The number of ether oxygens (including phenoxy) is 1. The lowest BCUT2D eigenvalue weighted by Crippen LogP contribution is -2.24. The molecule has 4 heterocycles. The van der Waals surface area contributed by atoms with E-state index in [1.54, 1.807) is 29.1 Å². The van der Waals surface area contributed by atoms with E-state index in [4.69, 9.17) is 10.5 Å². The number of aromatic nitrogens is 5. The van der Waals surface area contributed by atoms with Gasteiger partial charge in [-0.2, -0.15) is 4.98 Å². The third-order valence-electron chi connectivity index (χ3n) is 4.18. The average Bonchev–Trinajstić information content (AvgIpc) is 3.16. The van der Waals surface area contributed by atoms with Crippen LogP contribution in [-0.4, -0.2) is 53.5 Å². The van der Waals surface area contributed by atoms with Gasteiger partial charge in [0, 0.05) is 24.4 Å². The molecule has 0 radical (unpaired) electrons. The van der Waals surface area contributed by atoms with Gasteiger partial charge in [-0.05, 0) is 12.1 Å². The first-order valence-corrected chi connectivity index (χ1v) is 7.71. The Labute approximate surface area is 140 Å². The maximum absolute atomic E-state index is 12.2. The van der Waals surface area contributed by atoms with Crippen molar-refractivity contribution in [2.24, 2.45) is 0 Å². The molecule has 3 atom stereocenters. The van der Waals surface area contributed by atoms with Crippen molar-refractivity contribution in [2.45, 2.75) is 24.9 Å². The van der Waals surface area contributed by atoms with E-state index in [2.05, 4.69) is 19.9 Å². The van der Waals surface area contributed by atoms with Gasteiger partial charge in [-0.15, -0.1) is 0 Å². The maximum atomic E-state index is 12.2. The zero-order chi connectivity index (χ0) is 17.6. The Morgan fingerprint density at radius 3 is 2.80 bits per heavy atom. The molecular formula is C15H16N6O4. The number of nitrogens with zero attached hydrogens (tertiary/aromatic N) is 4. The zero-order valence-electron chi connectivity index (χ0n) is 13.0. The van der Waals surface area contributed by atoms with E-state index >= 15 is 0 Å². The van der Waals surface area contributed by atoms with Gasteiger partial charge in [-0.1, -0.05) is 0 Å². The molecule has 1 saturated heterocycles. The molecule has 0 saturated carbocycles. The predicted molar refractivity (Wildman–Crippen MR) is 87.4 cm³/mol. The van der Waals surface area contributed by atoms with Crippen LogP contribution in [0.1, 0.15) is 12.6 Å². The van der Waals surface area contributed by atoms with Gasteiger partial charge < -0.3 is 20.7 Å². The van der Waals surface area contributed by atoms with Crippen molar-refractivity contribution in [3.05, 3.63) is 34.9 Å². The Morgan fingerprint density at radius 1 is 1.36 bits per heavy atom. The number of hydrogen-bond acceptors (Lipinski definition) is 8. The molecule has 0 bridgehead atoms. The van der Waals surface area contributed by atoms with Crippen LogP contribution in [0.15, 0.2) is 29.3 Å². The van der Waals surface area contributed by atoms with Crippen LogP contribution in [0.4, 0.5) is 5.95 Å². The molecule has 0 spiro atoms. The van der Waals surface area contributed by atoms with Crippen LogP contribution in [0, 0.1) is 0 Å². The number of aliphatic hydroxyl groups is 2. The highest BCUT2D eigenvalue weighted by Gasteiger charge is 2.37. The van der Waals surface area contributed by atoms with Crippen LogP contribution in [0.2, 0.25) is 0 Å². The zero-order valence-corrected chi connectivity index (χ0v) is 13.0.